The van der Waals surface area contributed by atoms with Gasteiger partial charge in [-0.3, -0.25) is 0 Å². The van der Waals surface area contributed by atoms with Gasteiger partial charge in [-0.25, -0.2) is 0 Å². The maximum absolute atomic E-state index is 5.81. The lowest BCUT2D eigenvalue weighted by atomic mass is 10.1. The maximum Gasteiger partial charge on any atom is 0.0316 e. The standard InChI is InChI=1S/C16H28N2/c1-4-5-6-11-18(14(2)3)12-10-15-8-7-9-16(17)13-15/h7-9,13-14H,4-6,10-12,17H2,1-3H3. The van der Waals surface area contributed by atoms with E-state index in [-0.39, 0.29) is 0 Å². The first-order chi connectivity index (χ1) is 8.63. The Kier molecular flexibility index (Phi) is 6.81. The van der Waals surface area contributed by atoms with Crippen LogP contribution in [0.2, 0.25) is 0 Å². The molecule has 0 aliphatic heterocycles. The molecule has 0 amide bonds. The minimum Gasteiger partial charge on any atom is -0.399 e. The molecule has 0 aliphatic carbocycles. The number of nitrogens with two attached hydrogens (primary N) is 1. The quantitative estimate of drug-likeness (QED) is 0.561. The normalized spacial score (nSPS) is 11.4. The molecule has 0 saturated heterocycles. The van der Waals surface area contributed by atoms with Crippen LogP contribution in [0.3, 0.4) is 0 Å². The lowest BCUT2D eigenvalue weighted by Crippen LogP contribution is -2.33. The van der Waals surface area contributed by atoms with E-state index < -0.39 is 0 Å². The van der Waals surface area contributed by atoms with E-state index >= 15 is 0 Å². The van der Waals surface area contributed by atoms with Gasteiger partial charge in [-0.05, 0) is 50.9 Å². The highest BCUT2D eigenvalue weighted by atomic mass is 15.1. The summed E-state index contributed by atoms with van der Waals surface area (Å²) in [6.07, 6.45) is 5.03. The molecule has 0 bridgehead atoms. The third-order valence-electron chi connectivity index (χ3n) is 3.42. The van der Waals surface area contributed by atoms with Gasteiger partial charge in [0.25, 0.3) is 0 Å². The van der Waals surface area contributed by atoms with Crippen LogP contribution in [0.25, 0.3) is 0 Å². The summed E-state index contributed by atoms with van der Waals surface area (Å²) in [5.74, 6) is 0. The Morgan fingerprint density at radius 1 is 1.17 bits per heavy atom. The molecular weight excluding hydrogens is 220 g/mol. The number of anilines is 1. The maximum atomic E-state index is 5.81. The van der Waals surface area contributed by atoms with Crippen molar-refractivity contribution in [3.63, 3.8) is 0 Å². The second-order valence-corrected chi connectivity index (χ2v) is 5.33. The summed E-state index contributed by atoms with van der Waals surface area (Å²) < 4.78 is 0. The van der Waals surface area contributed by atoms with Gasteiger partial charge in [0.2, 0.25) is 0 Å². The number of hydrogen-bond acceptors (Lipinski definition) is 2. The number of unbranched alkanes of at least 4 members (excludes halogenated alkanes) is 2. The molecule has 2 heteroatoms. The van der Waals surface area contributed by atoms with Crippen LogP contribution in [-0.4, -0.2) is 24.0 Å². The Balaban J connectivity index is 2.41. The Labute approximate surface area is 112 Å². The molecule has 0 fully saturated rings. The molecule has 0 radical (unpaired) electrons. The van der Waals surface area contributed by atoms with E-state index in [0.29, 0.717) is 6.04 Å². The van der Waals surface area contributed by atoms with Crippen molar-refractivity contribution in [2.75, 3.05) is 18.8 Å². The molecule has 2 nitrogen and oxygen atoms in total. The van der Waals surface area contributed by atoms with Crippen LogP contribution in [0.5, 0.6) is 0 Å². The number of nitrogen functional groups attached to an aromatic ring is 1. The lowest BCUT2D eigenvalue weighted by Gasteiger charge is -2.26. The summed E-state index contributed by atoms with van der Waals surface area (Å²) in [6, 6.07) is 8.88. The molecular formula is C16H28N2. The first-order valence-electron chi connectivity index (χ1n) is 7.22. The molecule has 0 heterocycles. The van der Waals surface area contributed by atoms with Crippen LogP contribution in [0.15, 0.2) is 24.3 Å². The largest absolute Gasteiger partial charge is 0.399 e. The van der Waals surface area contributed by atoms with Crippen molar-refractivity contribution in [1.29, 1.82) is 0 Å². The van der Waals surface area contributed by atoms with Crippen LogP contribution in [0, 0.1) is 0 Å². The second kappa shape index (κ2) is 8.15. The van der Waals surface area contributed by atoms with E-state index in [1.54, 1.807) is 0 Å². The van der Waals surface area contributed by atoms with E-state index in [2.05, 4.69) is 37.8 Å². The van der Waals surface area contributed by atoms with Gasteiger partial charge in [-0.2, -0.15) is 0 Å². The van der Waals surface area contributed by atoms with Crippen LogP contribution in [-0.2, 0) is 6.42 Å². The molecule has 0 aliphatic rings. The summed E-state index contributed by atoms with van der Waals surface area (Å²) in [4.78, 5) is 2.57. The summed E-state index contributed by atoms with van der Waals surface area (Å²) in [5.41, 5.74) is 8.02. The fourth-order valence-electron chi connectivity index (χ4n) is 2.21. The number of nitrogens with zero attached hydrogens (tertiary/aromatic N) is 1. The zero-order valence-electron chi connectivity index (χ0n) is 12.2. The molecule has 2 N–H and O–H groups in total. The minimum atomic E-state index is 0.628. The van der Waals surface area contributed by atoms with E-state index in [0.717, 1.165) is 18.7 Å². The number of hydrogen-bond donors (Lipinski definition) is 1. The van der Waals surface area contributed by atoms with Crippen LogP contribution in [0.4, 0.5) is 5.69 Å². The van der Waals surface area contributed by atoms with Gasteiger partial charge in [0.1, 0.15) is 0 Å². The van der Waals surface area contributed by atoms with Gasteiger partial charge < -0.3 is 10.6 Å². The van der Waals surface area contributed by atoms with E-state index in [1.165, 1.54) is 31.4 Å². The Morgan fingerprint density at radius 3 is 2.56 bits per heavy atom. The van der Waals surface area contributed by atoms with Gasteiger partial charge in [-0.1, -0.05) is 31.9 Å². The van der Waals surface area contributed by atoms with Crippen LogP contribution >= 0.6 is 0 Å². The highest BCUT2D eigenvalue weighted by Gasteiger charge is 2.08. The predicted octanol–water partition coefficient (Wildman–Crippen LogP) is 3.71. The van der Waals surface area contributed by atoms with Gasteiger partial charge in [-0.15, -0.1) is 0 Å². The molecule has 0 atom stereocenters. The highest BCUT2D eigenvalue weighted by Crippen LogP contribution is 2.10. The fourth-order valence-corrected chi connectivity index (χ4v) is 2.21. The molecule has 102 valence electrons. The third kappa shape index (κ3) is 5.54. The molecule has 1 rings (SSSR count). The summed E-state index contributed by atoms with van der Waals surface area (Å²) in [7, 11) is 0. The highest BCUT2D eigenvalue weighted by molar-refractivity contribution is 5.40. The van der Waals surface area contributed by atoms with Crippen molar-refractivity contribution in [2.24, 2.45) is 0 Å². The molecule has 18 heavy (non-hydrogen) atoms. The average Bonchev–Trinajstić information content (AvgIpc) is 2.33. The van der Waals surface area contributed by atoms with E-state index in [4.69, 9.17) is 5.73 Å². The molecule has 0 saturated carbocycles. The SMILES string of the molecule is CCCCCN(CCc1cccc(N)c1)C(C)C. The molecule has 0 spiro atoms. The monoisotopic (exact) mass is 248 g/mol. The van der Waals surface area contributed by atoms with Gasteiger partial charge in [0, 0.05) is 18.3 Å². The van der Waals surface area contributed by atoms with Crippen LogP contribution in [0.1, 0.15) is 45.6 Å². The van der Waals surface area contributed by atoms with Crippen molar-refractivity contribution < 1.29 is 0 Å². The summed E-state index contributed by atoms with van der Waals surface area (Å²) >= 11 is 0. The number of benzene rings is 1. The smallest absolute Gasteiger partial charge is 0.0316 e. The van der Waals surface area contributed by atoms with Crippen molar-refractivity contribution in [3.05, 3.63) is 29.8 Å². The molecule has 0 unspecified atom stereocenters. The topological polar surface area (TPSA) is 29.3 Å². The van der Waals surface area contributed by atoms with Crippen molar-refractivity contribution in [3.8, 4) is 0 Å². The Hall–Kier alpha value is -1.02. The first-order valence-corrected chi connectivity index (χ1v) is 7.22. The Morgan fingerprint density at radius 2 is 1.94 bits per heavy atom. The van der Waals surface area contributed by atoms with E-state index in [1.807, 2.05) is 12.1 Å². The van der Waals surface area contributed by atoms with Gasteiger partial charge >= 0.3 is 0 Å². The molecule has 1 aromatic carbocycles. The Bertz CT molecular complexity index is 334. The lowest BCUT2D eigenvalue weighted by molar-refractivity contribution is 0.220. The first kappa shape index (κ1) is 15.0. The minimum absolute atomic E-state index is 0.628. The average molecular weight is 248 g/mol. The van der Waals surface area contributed by atoms with Crippen molar-refractivity contribution >= 4 is 5.69 Å². The summed E-state index contributed by atoms with van der Waals surface area (Å²) in [5, 5.41) is 0. The third-order valence-corrected chi connectivity index (χ3v) is 3.42. The van der Waals surface area contributed by atoms with Crippen molar-refractivity contribution in [1.82, 2.24) is 4.90 Å². The molecule has 0 aromatic heterocycles. The van der Waals surface area contributed by atoms with Crippen LogP contribution < -0.4 is 5.73 Å². The predicted molar refractivity (Wildman–Crippen MR) is 80.8 cm³/mol. The fraction of sp³-hybridized carbons (Fsp3) is 0.625. The summed E-state index contributed by atoms with van der Waals surface area (Å²) in [6.45, 7) is 9.17. The second-order valence-electron chi connectivity index (χ2n) is 5.33. The van der Waals surface area contributed by atoms with Gasteiger partial charge in [0.15, 0.2) is 0 Å². The van der Waals surface area contributed by atoms with Crippen molar-refractivity contribution in [2.45, 2.75) is 52.5 Å². The van der Waals surface area contributed by atoms with Gasteiger partial charge in [0.05, 0.1) is 0 Å². The number of rotatable bonds is 8. The zero-order chi connectivity index (χ0) is 13.4. The van der Waals surface area contributed by atoms with E-state index in [9.17, 15) is 0 Å². The molecule has 1 aromatic rings. The zero-order valence-corrected chi connectivity index (χ0v) is 12.2.